The first-order valence-corrected chi connectivity index (χ1v) is 11.1. The monoisotopic (exact) mass is 474 g/mol. The summed E-state index contributed by atoms with van der Waals surface area (Å²) >= 11 is 5.98. The number of benzene rings is 3. The van der Waals surface area contributed by atoms with Crippen LogP contribution in [0.15, 0.2) is 72.9 Å². The van der Waals surface area contributed by atoms with E-state index in [1.165, 1.54) is 12.1 Å². The minimum absolute atomic E-state index is 0.0276. The molecule has 8 heteroatoms. The summed E-state index contributed by atoms with van der Waals surface area (Å²) in [5, 5.41) is 7.35. The average Bonchev–Trinajstić information content (AvgIpc) is 3.13. The number of fused-ring (bicyclic) bond motifs is 3. The third-order valence-electron chi connectivity index (χ3n) is 5.77. The van der Waals surface area contributed by atoms with Crippen LogP contribution in [0.4, 0.5) is 15.8 Å². The van der Waals surface area contributed by atoms with Crippen molar-refractivity contribution in [2.75, 3.05) is 16.8 Å². The van der Waals surface area contributed by atoms with Crippen LogP contribution in [-0.4, -0.2) is 28.1 Å². The molecule has 1 aliphatic heterocycles. The quantitative estimate of drug-likeness (QED) is 0.436. The normalized spacial score (nSPS) is 12.5. The van der Waals surface area contributed by atoms with Crippen molar-refractivity contribution in [3.8, 4) is 11.3 Å². The van der Waals surface area contributed by atoms with Gasteiger partial charge in [-0.15, -0.1) is 0 Å². The van der Waals surface area contributed by atoms with E-state index in [-0.39, 0.29) is 16.5 Å². The van der Waals surface area contributed by atoms with E-state index < -0.39 is 11.7 Å². The van der Waals surface area contributed by atoms with Gasteiger partial charge in [-0.25, -0.2) is 4.39 Å². The van der Waals surface area contributed by atoms with Crippen molar-refractivity contribution in [3.05, 3.63) is 100 Å². The highest BCUT2D eigenvalue weighted by Gasteiger charge is 2.26. The highest BCUT2D eigenvalue weighted by Crippen LogP contribution is 2.36. The van der Waals surface area contributed by atoms with Gasteiger partial charge in [0.05, 0.1) is 22.0 Å². The zero-order chi connectivity index (χ0) is 23.8. The van der Waals surface area contributed by atoms with E-state index in [4.69, 9.17) is 11.6 Å². The van der Waals surface area contributed by atoms with E-state index in [0.717, 1.165) is 28.6 Å². The van der Waals surface area contributed by atoms with Crippen LogP contribution in [0.3, 0.4) is 0 Å². The Balaban J connectivity index is 1.37. The predicted octanol–water partition coefficient (Wildman–Crippen LogP) is 5.33. The zero-order valence-corrected chi connectivity index (χ0v) is 19.0. The summed E-state index contributed by atoms with van der Waals surface area (Å²) in [4.78, 5) is 27.7. The lowest BCUT2D eigenvalue weighted by molar-refractivity contribution is 0.0986. The van der Waals surface area contributed by atoms with Gasteiger partial charge in [-0.1, -0.05) is 29.8 Å². The van der Waals surface area contributed by atoms with E-state index in [2.05, 4.69) is 10.4 Å². The molecule has 0 aliphatic carbocycles. The maximum atomic E-state index is 13.4. The number of aryl methyl sites for hydroxylation is 1. The van der Waals surface area contributed by atoms with Crippen molar-refractivity contribution in [1.29, 1.82) is 0 Å². The summed E-state index contributed by atoms with van der Waals surface area (Å²) in [6, 6.07) is 18.0. The number of hydrogen-bond donors (Lipinski definition) is 1. The maximum absolute atomic E-state index is 13.4. The second kappa shape index (κ2) is 8.76. The number of hydrogen-bond acceptors (Lipinski definition) is 3. The molecule has 1 aliphatic rings. The number of nitrogens with zero attached hydrogens (tertiary/aromatic N) is 3. The largest absolute Gasteiger partial charge is 0.322 e. The topological polar surface area (TPSA) is 67.2 Å². The van der Waals surface area contributed by atoms with E-state index in [0.29, 0.717) is 24.2 Å². The second-order valence-electron chi connectivity index (χ2n) is 8.06. The third kappa shape index (κ3) is 4.06. The fraction of sp³-hybridized carbons (Fsp3) is 0.115. The standard InChI is InChI=1S/C26H20ClFN4O2/c1-31-15-17-12-13-32(23-5-3-2-4-21(23)24(17)30-31)26(34)16-6-9-19(10-7-16)29-25(33)20-11-8-18(28)14-22(20)27/h2-11,14-15H,12-13H2,1H3,(H,29,33). The molecule has 0 bridgehead atoms. The van der Waals surface area contributed by atoms with E-state index in [9.17, 15) is 14.0 Å². The van der Waals surface area contributed by atoms with Crippen LogP contribution in [0, 0.1) is 5.82 Å². The molecule has 4 aromatic rings. The maximum Gasteiger partial charge on any atom is 0.258 e. The number of carbonyl (C=O) groups excluding carboxylic acids is 2. The number of anilines is 2. The van der Waals surface area contributed by atoms with Gasteiger partial charge in [0.25, 0.3) is 11.8 Å². The minimum Gasteiger partial charge on any atom is -0.322 e. The second-order valence-corrected chi connectivity index (χ2v) is 8.46. The molecule has 0 spiro atoms. The Bertz CT molecular complexity index is 1410. The first kappa shape index (κ1) is 21.9. The van der Waals surface area contributed by atoms with Gasteiger partial charge in [0, 0.05) is 36.6 Å². The first-order valence-electron chi connectivity index (χ1n) is 10.7. The molecule has 1 aromatic heterocycles. The number of aromatic nitrogens is 2. The van der Waals surface area contributed by atoms with Gasteiger partial charge in [-0.05, 0) is 60.5 Å². The van der Waals surface area contributed by atoms with Gasteiger partial charge in [0.1, 0.15) is 5.82 Å². The van der Waals surface area contributed by atoms with Gasteiger partial charge in [-0.3, -0.25) is 14.3 Å². The Kier molecular flexibility index (Phi) is 5.63. The SMILES string of the molecule is Cn1cc2c(n1)-c1ccccc1N(C(=O)c1ccc(NC(=O)c3ccc(F)cc3Cl)cc1)CC2. The van der Waals surface area contributed by atoms with Crippen LogP contribution in [0.5, 0.6) is 0 Å². The molecule has 3 aromatic carbocycles. The molecular formula is C26H20ClFN4O2. The summed E-state index contributed by atoms with van der Waals surface area (Å²) < 4.78 is 15.0. The Morgan fingerprint density at radius 3 is 2.59 bits per heavy atom. The molecule has 2 heterocycles. The minimum atomic E-state index is -0.515. The van der Waals surface area contributed by atoms with Gasteiger partial charge >= 0.3 is 0 Å². The van der Waals surface area contributed by atoms with E-state index in [1.54, 1.807) is 33.8 Å². The molecule has 0 fully saturated rings. The summed E-state index contributed by atoms with van der Waals surface area (Å²) in [5.74, 6) is -1.11. The first-order chi connectivity index (χ1) is 16.4. The predicted molar refractivity (Wildman–Crippen MR) is 130 cm³/mol. The molecule has 0 saturated carbocycles. The molecule has 0 unspecified atom stereocenters. The number of nitrogens with one attached hydrogen (secondary N) is 1. The summed E-state index contributed by atoms with van der Waals surface area (Å²) in [5.41, 5.74) is 4.88. The molecule has 1 N–H and O–H groups in total. The zero-order valence-electron chi connectivity index (χ0n) is 18.3. The number of carbonyl (C=O) groups is 2. The number of halogens is 2. The van der Waals surface area contributed by atoms with Gasteiger partial charge in [0.15, 0.2) is 0 Å². The molecule has 2 amide bonds. The van der Waals surface area contributed by atoms with Crippen molar-refractivity contribution >= 4 is 34.8 Å². The lowest BCUT2D eigenvalue weighted by Crippen LogP contribution is -2.32. The summed E-state index contributed by atoms with van der Waals surface area (Å²) in [6.45, 7) is 0.524. The van der Waals surface area contributed by atoms with Gasteiger partial charge in [-0.2, -0.15) is 5.10 Å². The number of amides is 2. The van der Waals surface area contributed by atoms with Crippen LogP contribution >= 0.6 is 11.6 Å². The van der Waals surface area contributed by atoms with Gasteiger partial charge in [0.2, 0.25) is 0 Å². The molecule has 170 valence electrons. The van der Waals surface area contributed by atoms with Crippen LogP contribution in [0.2, 0.25) is 5.02 Å². The third-order valence-corrected chi connectivity index (χ3v) is 6.08. The molecule has 0 saturated heterocycles. The number of para-hydroxylation sites is 1. The van der Waals surface area contributed by atoms with Crippen molar-refractivity contribution in [2.24, 2.45) is 7.05 Å². The Morgan fingerprint density at radius 2 is 1.82 bits per heavy atom. The molecule has 0 atom stereocenters. The molecule has 6 nitrogen and oxygen atoms in total. The van der Waals surface area contributed by atoms with Crippen molar-refractivity contribution in [3.63, 3.8) is 0 Å². The summed E-state index contributed by atoms with van der Waals surface area (Å²) in [7, 11) is 1.89. The highest BCUT2D eigenvalue weighted by molar-refractivity contribution is 6.34. The molecule has 34 heavy (non-hydrogen) atoms. The average molecular weight is 475 g/mol. The van der Waals surface area contributed by atoms with Crippen LogP contribution < -0.4 is 10.2 Å². The number of rotatable bonds is 3. The lowest BCUT2D eigenvalue weighted by atomic mass is 10.1. The Labute approximate surface area is 200 Å². The molecular weight excluding hydrogens is 455 g/mol. The molecule has 0 radical (unpaired) electrons. The van der Waals surface area contributed by atoms with Crippen molar-refractivity contribution in [1.82, 2.24) is 9.78 Å². The van der Waals surface area contributed by atoms with Crippen molar-refractivity contribution in [2.45, 2.75) is 6.42 Å². The lowest BCUT2D eigenvalue weighted by Gasteiger charge is -2.23. The van der Waals surface area contributed by atoms with Gasteiger partial charge < -0.3 is 10.2 Å². The fourth-order valence-electron chi connectivity index (χ4n) is 4.14. The van der Waals surface area contributed by atoms with Crippen LogP contribution in [-0.2, 0) is 13.5 Å². The smallest absolute Gasteiger partial charge is 0.258 e. The van der Waals surface area contributed by atoms with E-state index in [1.807, 2.05) is 37.5 Å². The Morgan fingerprint density at radius 1 is 1.06 bits per heavy atom. The van der Waals surface area contributed by atoms with Crippen LogP contribution in [0.25, 0.3) is 11.3 Å². The highest BCUT2D eigenvalue weighted by atomic mass is 35.5. The van der Waals surface area contributed by atoms with Crippen molar-refractivity contribution < 1.29 is 14.0 Å². The molecule has 5 rings (SSSR count). The Hall–Kier alpha value is -3.97. The van der Waals surface area contributed by atoms with Crippen LogP contribution in [0.1, 0.15) is 26.3 Å². The summed E-state index contributed by atoms with van der Waals surface area (Å²) in [6.07, 6.45) is 2.68. The van der Waals surface area contributed by atoms with E-state index >= 15 is 0 Å². The fourth-order valence-corrected chi connectivity index (χ4v) is 4.40.